The summed E-state index contributed by atoms with van der Waals surface area (Å²) in [5, 5.41) is 8.69. The van der Waals surface area contributed by atoms with Crippen LogP contribution in [-0.4, -0.2) is 47.3 Å². The van der Waals surface area contributed by atoms with E-state index in [1.54, 1.807) is 20.8 Å². The van der Waals surface area contributed by atoms with Crippen molar-refractivity contribution in [1.82, 2.24) is 4.90 Å². The molecule has 0 saturated heterocycles. The van der Waals surface area contributed by atoms with Crippen molar-refractivity contribution in [3.8, 4) is 0 Å². The van der Waals surface area contributed by atoms with Crippen LogP contribution in [0.25, 0.3) is 0 Å². The maximum absolute atomic E-state index is 12.8. The second-order valence-corrected chi connectivity index (χ2v) is 4.70. The van der Waals surface area contributed by atoms with Gasteiger partial charge >= 0.3 is 6.09 Å². The van der Waals surface area contributed by atoms with Gasteiger partial charge in [-0.2, -0.15) is 0 Å². The molecule has 4 nitrogen and oxygen atoms in total. The normalized spacial score (nSPS) is 12.4. The van der Waals surface area contributed by atoms with Crippen LogP contribution in [0.15, 0.2) is 0 Å². The lowest BCUT2D eigenvalue weighted by Gasteiger charge is -2.28. The average Bonchev–Trinajstić information content (AvgIpc) is 1.97. The molecule has 0 saturated carbocycles. The maximum atomic E-state index is 12.8. The summed E-state index contributed by atoms with van der Waals surface area (Å²) >= 11 is 0. The van der Waals surface area contributed by atoms with Crippen molar-refractivity contribution < 1.29 is 23.4 Å². The number of ether oxygens (including phenoxy) is 1. The number of amides is 1. The highest BCUT2D eigenvalue weighted by Crippen LogP contribution is 2.16. The third kappa shape index (κ3) is 7.39. The molecule has 0 bridgehead atoms. The van der Waals surface area contributed by atoms with Gasteiger partial charge in [0.25, 0.3) is 5.92 Å². The Hall–Kier alpha value is -0.910. The van der Waals surface area contributed by atoms with Gasteiger partial charge in [0.15, 0.2) is 0 Å². The Morgan fingerprint density at radius 3 is 2.12 bits per heavy atom. The van der Waals surface area contributed by atoms with Crippen LogP contribution in [0, 0.1) is 0 Å². The average molecular weight is 239 g/mol. The van der Waals surface area contributed by atoms with Crippen molar-refractivity contribution in [2.24, 2.45) is 0 Å². The molecule has 0 aromatic rings. The van der Waals surface area contributed by atoms with Gasteiger partial charge in [-0.15, -0.1) is 0 Å². The van der Waals surface area contributed by atoms with E-state index in [0.717, 1.165) is 4.90 Å². The van der Waals surface area contributed by atoms with Gasteiger partial charge in [-0.3, -0.25) is 4.90 Å². The lowest BCUT2D eigenvalue weighted by atomic mass is 10.2. The van der Waals surface area contributed by atoms with Crippen LogP contribution in [0.1, 0.15) is 27.7 Å². The monoisotopic (exact) mass is 239 g/mol. The lowest BCUT2D eigenvalue weighted by Crippen LogP contribution is -2.43. The van der Waals surface area contributed by atoms with Gasteiger partial charge in [0.05, 0.1) is 13.2 Å². The van der Waals surface area contributed by atoms with Crippen LogP contribution in [0.3, 0.4) is 0 Å². The number of hydrogen-bond acceptors (Lipinski definition) is 3. The summed E-state index contributed by atoms with van der Waals surface area (Å²) in [7, 11) is 0. The van der Waals surface area contributed by atoms with Crippen molar-refractivity contribution in [3.63, 3.8) is 0 Å². The second-order valence-electron chi connectivity index (χ2n) is 4.70. The molecule has 0 spiro atoms. The number of aliphatic hydroxyl groups is 1. The first-order valence-electron chi connectivity index (χ1n) is 5.02. The zero-order valence-electron chi connectivity index (χ0n) is 10.1. The largest absolute Gasteiger partial charge is 0.444 e. The molecule has 0 aliphatic rings. The zero-order chi connectivity index (χ0) is 13.0. The SMILES string of the molecule is CC(F)(F)CN(CCO)C(=O)OC(C)(C)C. The predicted octanol–water partition coefficient (Wildman–Crippen LogP) is 1.87. The molecule has 0 aromatic carbocycles. The molecule has 0 unspecified atom stereocenters. The Kier molecular flexibility index (Phi) is 5.12. The fourth-order valence-corrected chi connectivity index (χ4v) is 1.02. The van der Waals surface area contributed by atoms with E-state index in [2.05, 4.69) is 0 Å². The van der Waals surface area contributed by atoms with Crippen molar-refractivity contribution in [2.75, 3.05) is 19.7 Å². The second kappa shape index (κ2) is 5.43. The smallest absolute Gasteiger partial charge is 0.410 e. The molecule has 0 rings (SSSR count). The highest BCUT2D eigenvalue weighted by Gasteiger charge is 2.30. The molecule has 1 N–H and O–H groups in total. The van der Waals surface area contributed by atoms with Crippen molar-refractivity contribution in [3.05, 3.63) is 0 Å². The fraction of sp³-hybridized carbons (Fsp3) is 0.900. The van der Waals surface area contributed by atoms with Crippen LogP contribution < -0.4 is 0 Å². The summed E-state index contributed by atoms with van der Waals surface area (Å²) in [5.41, 5.74) is -0.742. The number of hydrogen-bond donors (Lipinski definition) is 1. The third-order valence-corrected chi connectivity index (χ3v) is 1.49. The van der Waals surface area contributed by atoms with E-state index in [1.807, 2.05) is 0 Å². The fourth-order valence-electron chi connectivity index (χ4n) is 1.02. The Balaban J connectivity index is 4.47. The Bertz CT molecular complexity index is 233. The topological polar surface area (TPSA) is 49.8 Å². The zero-order valence-corrected chi connectivity index (χ0v) is 10.1. The third-order valence-electron chi connectivity index (χ3n) is 1.49. The molecule has 6 heteroatoms. The van der Waals surface area contributed by atoms with Crippen molar-refractivity contribution in [2.45, 2.75) is 39.2 Å². The first kappa shape index (κ1) is 15.1. The van der Waals surface area contributed by atoms with Crippen LogP contribution in [0.4, 0.5) is 13.6 Å². The molecule has 0 aromatic heterocycles. The van der Waals surface area contributed by atoms with E-state index >= 15 is 0 Å². The Labute approximate surface area is 94.2 Å². The molecule has 96 valence electrons. The molecule has 0 fully saturated rings. The first-order chi connectivity index (χ1) is 7.05. The molecule has 0 aliphatic heterocycles. The number of rotatable bonds is 4. The van der Waals surface area contributed by atoms with Crippen LogP contribution in [0.5, 0.6) is 0 Å². The number of nitrogens with zero attached hydrogens (tertiary/aromatic N) is 1. The molecule has 0 aliphatic carbocycles. The number of carbonyl (C=O) groups is 1. The highest BCUT2D eigenvalue weighted by atomic mass is 19.3. The molecule has 1 amide bonds. The highest BCUT2D eigenvalue weighted by molar-refractivity contribution is 5.68. The minimum Gasteiger partial charge on any atom is -0.444 e. The summed E-state index contributed by atoms with van der Waals surface area (Å²) in [4.78, 5) is 12.3. The maximum Gasteiger partial charge on any atom is 0.410 e. The summed E-state index contributed by atoms with van der Waals surface area (Å²) < 4.78 is 30.5. The minimum absolute atomic E-state index is 0.168. The van der Waals surface area contributed by atoms with Crippen LogP contribution in [-0.2, 0) is 4.74 Å². The Morgan fingerprint density at radius 2 is 1.81 bits per heavy atom. The molecule has 0 heterocycles. The summed E-state index contributed by atoms with van der Waals surface area (Å²) in [6.45, 7) is 4.34. The van der Waals surface area contributed by atoms with E-state index in [9.17, 15) is 13.6 Å². The number of aliphatic hydroxyl groups excluding tert-OH is 1. The lowest BCUT2D eigenvalue weighted by molar-refractivity contribution is -0.0325. The summed E-state index contributed by atoms with van der Waals surface area (Å²) in [6, 6.07) is 0. The quantitative estimate of drug-likeness (QED) is 0.814. The van der Waals surface area contributed by atoms with E-state index in [-0.39, 0.29) is 13.2 Å². The molecular weight excluding hydrogens is 220 g/mol. The standard InChI is InChI=1S/C10H19F2NO3/c1-9(2,3)16-8(15)13(5-6-14)7-10(4,11)12/h14H,5-7H2,1-4H3. The van der Waals surface area contributed by atoms with Crippen molar-refractivity contribution >= 4 is 6.09 Å². The Morgan fingerprint density at radius 1 is 1.31 bits per heavy atom. The van der Waals surface area contributed by atoms with Gasteiger partial charge in [-0.25, -0.2) is 13.6 Å². The number of alkyl halides is 2. The first-order valence-corrected chi connectivity index (χ1v) is 5.02. The van der Waals surface area contributed by atoms with E-state index in [1.165, 1.54) is 0 Å². The molecule has 0 atom stereocenters. The predicted molar refractivity (Wildman–Crippen MR) is 55.5 cm³/mol. The van der Waals surface area contributed by atoms with Gasteiger partial charge in [0.2, 0.25) is 0 Å². The van der Waals surface area contributed by atoms with Gasteiger partial charge in [0, 0.05) is 13.5 Å². The summed E-state index contributed by atoms with van der Waals surface area (Å²) in [5.74, 6) is -3.01. The van der Waals surface area contributed by atoms with Crippen LogP contribution in [0.2, 0.25) is 0 Å². The van der Waals surface area contributed by atoms with E-state index in [4.69, 9.17) is 9.84 Å². The van der Waals surface area contributed by atoms with Gasteiger partial charge < -0.3 is 9.84 Å². The van der Waals surface area contributed by atoms with Crippen molar-refractivity contribution in [1.29, 1.82) is 0 Å². The van der Waals surface area contributed by atoms with Gasteiger partial charge in [-0.1, -0.05) is 0 Å². The summed E-state index contributed by atoms with van der Waals surface area (Å²) in [6.07, 6.45) is -0.844. The van der Waals surface area contributed by atoms with E-state index in [0.29, 0.717) is 6.92 Å². The molecular formula is C10H19F2NO3. The molecule has 16 heavy (non-hydrogen) atoms. The molecule has 0 radical (unpaired) electrons. The number of halogens is 2. The van der Waals surface area contributed by atoms with E-state index < -0.39 is 24.2 Å². The van der Waals surface area contributed by atoms with Crippen LogP contribution >= 0.6 is 0 Å². The number of carbonyl (C=O) groups excluding carboxylic acids is 1. The minimum atomic E-state index is -3.01. The van der Waals surface area contributed by atoms with Gasteiger partial charge in [0.1, 0.15) is 5.60 Å². The van der Waals surface area contributed by atoms with Gasteiger partial charge in [-0.05, 0) is 20.8 Å².